The lowest BCUT2D eigenvalue weighted by Gasteiger charge is -2.38. The molecule has 1 fully saturated rings. The van der Waals surface area contributed by atoms with Crippen LogP contribution in [0.15, 0.2) is 38.7 Å². The summed E-state index contributed by atoms with van der Waals surface area (Å²) in [6, 6.07) is 8.27. The van der Waals surface area contributed by atoms with Gasteiger partial charge >= 0.3 is 0 Å². The molecule has 0 spiro atoms. The number of nitrogens with zero attached hydrogens (tertiary/aromatic N) is 2. The third-order valence-electron chi connectivity index (χ3n) is 3.92. The first-order chi connectivity index (χ1) is 8.62. The van der Waals surface area contributed by atoms with E-state index in [9.17, 15) is 0 Å². The second kappa shape index (κ2) is 4.19. The van der Waals surface area contributed by atoms with E-state index >= 15 is 0 Å². The molecule has 3 nitrogen and oxygen atoms in total. The Balaban J connectivity index is 2.12. The molecular weight excluding hydrogens is 290 g/mol. The van der Waals surface area contributed by atoms with E-state index in [1.807, 2.05) is 19.1 Å². The Bertz CT molecular complexity index is 526. The largest absolute Gasteiger partial charge is 0.382 e. The van der Waals surface area contributed by atoms with Crippen molar-refractivity contribution in [2.24, 2.45) is 21.6 Å². The first kappa shape index (κ1) is 11.9. The Hall–Kier alpha value is -1.16. The second-order valence-electron chi connectivity index (χ2n) is 5.06. The molecule has 1 atom stereocenters. The average molecular weight is 306 g/mol. The third-order valence-corrected chi connectivity index (χ3v) is 4.42. The van der Waals surface area contributed by atoms with Crippen molar-refractivity contribution < 1.29 is 0 Å². The van der Waals surface area contributed by atoms with Gasteiger partial charge in [-0.2, -0.15) is 0 Å². The molecule has 0 unspecified atom stereocenters. The van der Waals surface area contributed by atoms with E-state index in [2.05, 4.69) is 28.1 Å². The van der Waals surface area contributed by atoms with Gasteiger partial charge in [-0.3, -0.25) is 4.99 Å². The summed E-state index contributed by atoms with van der Waals surface area (Å²) < 4.78 is 1.06. The van der Waals surface area contributed by atoms with Crippen LogP contribution in [0.1, 0.15) is 31.7 Å². The molecule has 18 heavy (non-hydrogen) atoms. The summed E-state index contributed by atoms with van der Waals surface area (Å²) in [4.78, 5) is 9.51. The minimum Gasteiger partial charge on any atom is -0.382 e. The lowest BCUT2D eigenvalue weighted by Crippen LogP contribution is -2.35. The zero-order valence-electron chi connectivity index (χ0n) is 10.4. The highest BCUT2D eigenvalue weighted by Crippen LogP contribution is 2.48. The maximum absolute atomic E-state index is 5.95. The molecule has 1 aromatic carbocycles. The van der Waals surface area contributed by atoms with Crippen LogP contribution in [-0.2, 0) is 5.66 Å². The lowest BCUT2D eigenvalue weighted by atomic mass is 9.73. The molecular formula is C14H16BrN3. The molecule has 1 aliphatic carbocycles. The number of hydrogen-bond donors (Lipinski definition) is 1. The number of benzene rings is 1. The zero-order valence-corrected chi connectivity index (χ0v) is 11.9. The van der Waals surface area contributed by atoms with E-state index < -0.39 is 5.66 Å². The molecule has 2 aliphatic rings. The number of amidine groups is 1. The summed E-state index contributed by atoms with van der Waals surface area (Å²) in [5, 5.41) is 0. The number of halogens is 1. The molecule has 1 aromatic rings. The maximum Gasteiger partial charge on any atom is 0.181 e. The van der Waals surface area contributed by atoms with Crippen LogP contribution in [0.4, 0.5) is 0 Å². The molecule has 0 radical (unpaired) electrons. The van der Waals surface area contributed by atoms with Crippen LogP contribution < -0.4 is 5.73 Å². The van der Waals surface area contributed by atoms with Gasteiger partial charge in [0.1, 0.15) is 5.84 Å². The van der Waals surface area contributed by atoms with Gasteiger partial charge in [0.25, 0.3) is 0 Å². The zero-order chi connectivity index (χ0) is 12.8. The third kappa shape index (κ3) is 1.70. The van der Waals surface area contributed by atoms with Crippen molar-refractivity contribution in [2.75, 3.05) is 0 Å². The number of rotatable bonds is 2. The van der Waals surface area contributed by atoms with Crippen LogP contribution in [0.5, 0.6) is 0 Å². The molecule has 1 aliphatic heterocycles. The van der Waals surface area contributed by atoms with Gasteiger partial charge in [0.05, 0.1) is 5.71 Å². The van der Waals surface area contributed by atoms with Gasteiger partial charge in [0.15, 0.2) is 5.66 Å². The molecule has 0 saturated heterocycles. The molecule has 2 N–H and O–H groups in total. The van der Waals surface area contributed by atoms with Gasteiger partial charge in [-0.1, -0.05) is 34.5 Å². The van der Waals surface area contributed by atoms with Crippen molar-refractivity contribution >= 4 is 27.5 Å². The lowest BCUT2D eigenvalue weighted by molar-refractivity contribution is 0.179. The number of aliphatic imine (C=N–C) groups is 2. The van der Waals surface area contributed by atoms with Crippen LogP contribution in [0.25, 0.3) is 0 Å². The smallest absolute Gasteiger partial charge is 0.181 e. The van der Waals surface area contributed by atoms with E-state index in [1.165, 1.54) is 19.3 Å². The molecule has 3 rings (SSSR count). The Morgan fingerprint density at radius 3 is 2.61 bits per heavy atom. The predicted octanol–water partition coefficient (Wildman–Crippen LogP) is 3.23. The first-order valence-corrected chi connectivity index (χ1v) is 7.09. The molecule has 94 valence electrons. The topological polar surface area (TPSA) is 50.7 Å². The van der Waals surface area contributed by atoms with Crippen molar-refractivity contribution in [1.82, 2.24) is 0 Å². The standard InChI is InChI=1S/C14H16BrN3/c1-9-13(16)18-14(17-9,10-4-2-5-10)11-6-3-7-12(15)8-11/h3,6-8,10H,2,4-5H2,1H3,(H2,16,18)/t14-/m0/s1. The normalized spacial score (nSPS) is 27.7. The second-order valence-corrected chi connectivity index (χ2v) is 5.97. The van der Waals surface area contributed by atoms with Gasteiger partial charge in [0, 0.05) is 16.0 Å². The number of nitrogens with two attached hydrogens (primary N) is 1. The van der Waals surface area contributed by atoms with Crippen molar-refractivity contribution in [3.63, 3.8) is 0 Å². The molecule has 4 heteroatoms. The van der Waals surface area contributed by atoms with E-state index in [0.717, 1.165) is 15.7 Å². The molecule has 0 aromatic heterocycles. The van der Waals surface area contributed by atoms with Crippen LogP contribution in [0.3, 0.4) is 0 Å². The fraction of sp³-hybridized carbons (Fsp3) is 0.429. The van der Waals surface area contributed by atoms with E-state index in [0.29, 0.717) is 11.8 Å². The fourth-order valence-electron chi connectivity index (χ4n) is 2.68. The maximum atomic E-state index is 5.95. The van der Waals surface area contributed by atoms with Gasteiger partial charge in [-0.15, -0.1) is 0 Å². The summed E-state index contributed by atoms with van der Waals surface area (Å²) in [6.45, 7) is 1.94. The highest BCUT2D eigenvalue weighted by Gasteiger charge is 2.46. The van der Waals surface area contributed by atoms with Gasteiger partial charge in [0.2, 0.25) is 0 Å². The minimum absolute atomic E-state index is 0.462. The summed E-state index contributed by atoms with van der Waals surface area (Å²) in [5.41, 5.74) is 7.49. The molecule has 1 heterocycles. The quantitative estimate of drug-likeness (QED) is 0.896. The first-order valence-electron chi connectivity index (χ1n) is 6.30. The highest BCUT2D eigenvalue weighted by atomic mass is 79.9. The summed E-state index contributed by atoms with van der Waals surface area (Å²) in [7, 11) is 0. The van der Waals surface area contributed by atoms with E-state index in [4.69, 9.17) is 15.7 Å². The van der Waals surface area contributed by atoms with Gasteiger partial charge in [-0.25, -0.2) is 4.99 Å². The SMILES string of the molecule is CC1=N[C@@](c2cccc(Br)c2)(C2CCC2)N=C1N. The Morgan fingerprint density at radius 1 is 1.33 bits per heavy atom. The number of hydrogen-bond acceptors (Lipinski definition) is 3. The summed E-state index contributed by atoms with van der Waals surface area (Å²) in [5.74, 6) is 1.07. The fourth-order valence-corrected chi connectivity index (χ4v) is 3.08. The van der Waals surface area contributed by atoms with Crippen molar-refractivity contribution in [2.45, 2.75) is 31.8 Å². The Kier molecular flexibility index (Phi) is 2.77. The van der Waals surface area contributed by atoms with E-state index in [-0.39, 0.29) is 0 Å². The average Bonchev–Trinajstić information content (AvgIpc) is 2.53. The Morgan fingerprint density at radius 2 is 2.11 bits per heavy atom. The predicted molar refractivity (Wildman–Crippen MR) is 77.9 cm³/mol. The molecule has 0 amide bonds. The Labute approximate surface area is 115 Å². The minimum atomic E-state index is -0.462. The van der Waals surface area contributed by atoms with E-state index in [1.54, 1.807) is 0 Å². The van der Waals surface area contributed by atoms with Crippen LogP contribution in [-0.4, -0.2) is 11.5 Å². The van der Waals surface area contributed by atoms with Crippen LogP contribution in [0.2, 0.25) is 0 Å². The summed E-state index contributed by atoms with van der Waals surface area (Å²) >= 11 is 3.52. The molecule has 1 saturated carbocycles. The van der Waals surface area contributed by atoms with Gasteiger partial charge < -0.3 is 5.73 Å². The van der Waals surface area contributed by atoms with Crippen molar-refractivity contribution in [3.8, 4) is 0 Å². The monoisotopic (exact) mass is 305 g/mol. The van der Waals surface area contributed by atoms with Crippen molar-refractivity contribution in [1.29, 1.82) is 0 Å². The van der Waals surface area contributed by atoms with Gasteiger partial charge in [-0.05, 0) is 31.9 Å². The van der Waals surface area contributed by atoms with Crippen LogP contribution in [0, 0.1) is 5.92 Å². The highest BCUT2D eigenvalue weighted by molar-refractivity contribution is 9.10. The molecule has 0 bridgehead atoms. The summed E-state index contributed by atoms with van der Waals surface area (Å²) in [6.07, 6.45) is 3.63. The van der Waals surface area contributed by atoms with Crippen molar-refractivity contribution in [3.05, 3.63) is 34.3 Å². The van der Waals surface area contributed by atoms with Crippen LogP contribution >= 0.6 is 15.9 Å².